The van der Waals surface area contributed by atoms with Gasteiger partial charge in [0.2, 0.25) is 5.78 Å². The summed E-state index contributed by atoms with van der Waals surface area (Å²) in [4.78, 5) is 36.1. The maximum Gasteiger partial charge on any atom is 0.209 e. The minimum Gasteiger partial charge on any atom is -0.293 e. The van der Waals surface area contributed by atoms with Crippen LogP contribution in [0.1, 0.15) is 61.4 Å². The first-order valence-electron chi connectivity index (χ1n) is 7.84. The van der Waals surface area contributed by atoms with Gasteiger partial charge in [0, 0.05) is 12.0 Å². The van der Waals surface area contributed by atoms with Crippen LogP contribution in [0.4, 0.5) is 0 Å². The van der Waals surface area contributed by atoms with Gasteiger partial charge in [0.1, 0.15) is 0 Å². The van der Waals surface area contributed by atoms with Crippen molar-refractivity contribution < 1.29 is 14.4 Å². The van der Waals surface area contributed by atoms with Crippen molar-refractivity contribution in [2.45, 2.75) is 51.9 Å². The molecule has 0 heterocycles. The number of aryl methyl sites for hydroxylation is 1. The second-order valence-corrected chi connectivity index (χ2v) is 5.71. The van der Waals surface area contributed by atoms with Gasteiger partial charge < -0.3 is 0 Å². The number of carbonyl (C=O) groups is 3. The molecule has 21 heavy (non-hydrogen) atoms. The van der Waals surface area contributed by atoms with E-state index in [1.807, 2.05) is 18.2 Å². The quantitative estimate of drug-likeness (QED) is 0.348. The van der Waals surface area contributed by atoms with Gasteiger partial charge >= 0.3 is 0 Å². The summed E-state index contributed by atoms with van der Waals surface area (Å²) < 4.78 is 0. The van der Waals surface area contributed by atoms with Crippen LogP contribution in [-0.2, 0) is 16.0 Å². The Balaban J connectivity index is 2.18. The molecule has 0 aromatic heterocycles. The average Bonchev–Trinajstić information content (AvgIpc) is 2.50. The Hall–Kier alpha value is -1.77. The van der Waals surface area contributed by atoms with Gasteiger partial charge in [0.15, 0.2) is 11.6 Å². The van der Waals surface area contributed by atoms with Crippen molar-refractivity contribution in [1.82, 2.24) is 0 Å². The molecule has 1 aliphatic carbocycles. The van der Waals surface area contributed by atoms with E-state index in [9.17, 15) is 14.4 Å². The molecule has 1 aliphatic rings. The molecular formula is C18H22O3. The van der Waals surface area contributed by atoms with Gasteiger partial charge in [0.25, 0.3) is 0 Å². The lowest BCUT2D eigenvalue weighted by Gasteiger charge is -2.19. The molecule has 3 heteroatoms. The van der Waals surface area contributed by atoms with Crippen LogP contribution < -0.4 is 0 Å². The number of rotatable bonds is 6. The van der Waals surface area contributed by atoms with Gasteiger partial charge in [-0.15, -0.1) is 0 Å². The van der Waals surface area contributed by atoms with E-state index in [0.29, 0.717) is 24.8 Å². The number of hydrogen-bond donors (Lipinski definition) is 0. The summed E-state index contributed by atoms with van der Waals surface area (Å²) in [5.41, 5.74) is 1.63. The van der Waals surface area contributed by atoms with Gasteiger partial charge in [0.05, 0.1) is 5.92 Å². The van der Waals surface area contributed by atoms with Crippen molar-refractivity contribution in [1.29, 1.82) is 0 Å². The Labute approximate surface area is 125 Å². The van der Waals surface area contributed by atoms with Crippen LogP contribution in [0.2, 0.25) is 0 Å². The summed E-state index contributed by atoms with van der Waals surface area (Å²) in [5.74, 6) is -1.80. The van der Waals surface area contributed by atoms with E-state index in [2.05, 4.69) is 6.92 Å². The Bertz CT molecular complexity index is 545. The number of hydrogen-bond acceptors (Lipinski definition) is 3. The number of Topliss-reactive ketones (excluding diaryl/α,β-unsaturated/α-hetero) is 3. The van der Waals surface area contributed by atoms with E-state index in [1.54, 1.807) is 6.07 Å². The topological polar surface area (TPSA) is 51.2 Å². The first-order chi connectivity index (χ1) is 10.1. The molecule has 1 atom stereocenters. The van der Waals surface area contributed by atoms with E-state index in [4.69, 9.17) is 0 Å². The van der Waals surface area contributed by atoms with Crippen LogP contribution in [0, 0.1) is 5.92 Å². The maximum atomic E-state index is 12.6. The van der Waals surface area contributed by atoms with E-state index in [1.165, 1.54) is 0 Å². The van der Waals surface area contributed by atoms with Gasteiger partial charge in [-0.25, -0.2) is 0 Å². The second-order valence-electron chi connectivity index (χ2n) is 5.71. The van der Waals surface area contributed by atoms with Gasteiger partial charge in [-0.2, -0.15) is 0 Å². The highest BCUT2D eigenvalue weighted by atomic mass is 16.2. The Morgan fingerprint density at radius 3 is 2.71 bits per heavy atom. The van der Waals surface area contributed by atoms with Crippen LogP contribution in [0.15, 0.2) is 24.3 Å². The van der Waals surface area contributed by atoms with Crippen molar-refractivity contribution in [2.75, 3.05) is 0 Å². The molecule has 1 fully saturated rings. The summed E-state index contributed by atoms with van der Waals surface area (Å²) in [6.45, 7) is 2.14. The molecule has 0 amide bonds. The van der Waals surface area contributed by atoms with Crippen LogP contribution >= 0.6 is 0 Å². The number of unbranched alkanes of at least 4 members (excludes halogenated alkanes) is 2. The van der Waals surface area contributed by atoms with E-state index in [-0.39, 0.29) is 11.6 Å². The lowest BCUT2D eigenvalue weighted by atomic mass is 9.81. The standard InChI is InChI=1S/C18H22O3/c1-2-3-4-8-13-9-5-6-10-14(13)17(20)15-11-7-12-16(19)18(15)21/h5-6,9-10,15H,2-4,7-8,11-12H2,1H3. The molecule has 112 valence electrons. The molecule has 0 spiro atoms. The molecule has 0 N–H and O–H groups in total. The smallest absolute Gasteiger partial charge is 0.209 e. The summed E-state index contributed by atoms with van der Waals surface area (Å²) in [7, 11) is 0. The molecule has 0 aliphatic heterocycles. The zero-order chi connectivity index (χ0) is 15.2. The highest BCUT2D eigenvalue weighted by Gasteiger charge is 2.35. The fourth-order valence-corrected chi connectivity index (χ4v) is 2.90. The van der Waals surface area contributed by atoms with Gasteiger partial charge in [-0.3, -0.25) is 14.4 Å². The van der Waals surface area contributed by atoms with Gasteiger partial charge in [-0.1, -0.05) is 44.0 Å². The Morgan fingerprint density at radius 1 is 1.19 bits per heavy atom. The van der Waals surface area contributed by atoms with Crippen LogP contribution in [-0.4, -0.2) is 17.3 Å². The summed E-state index contributed by atoms with van der Waals surface area (Å²) in [6, 6.07) is 7.49. The molecule has 0 bridgehead atoms. The minimum absolute atomic E-state index is 0.167. The Kier molecular flexibility index (Phi) is 5.43. The van der Waals surface area contributed by atoms with Crippen molar-refractivity contribution in [3.63, 3.8) is 0 Å². The molecule has 1 aromatic carbocycles. The SMILES string of the molecule is CCCCCc1ccccc1C(=O)C1CCCC(=O)C1=O. The second kappa shape index (κ2) is 7.30. The van der Waals surface area contributed by atoms with Crippen molar-refractivity contribution in [3.8, 4) is 0 Å². The highest BCUT2D eigenvalue weighted by molar-refractivity contribution is 6.42. The lowest BCUT2D eigenvalue weighted by molar-refractivity contribution is -0.139. The van der Waals surface area contributed by atoms with Crippen LogP contribution in [0.25, 0.3) is 0 Å². The van der Waals surface area contributed by atoms with E-state index >= 15 is 0 Å². The monoisotopic (exact) mass is 286 g/mol. The molecular weight excluding hydrogens is 264 g/mol. The molecule has 3 nitrogen and oxygen atoms in total. The lowest BCUT2D eigenvalue weighted by Crippen LogP contribution is -2.34. The number of carbonyl (C=O) groups excluding carboxylic acids is 3. The molecule has 2 rings (SSSR count). The number of benzene rings is 1. The maximum absolute atomic E-state index is 12.6. The third-order valence-corrected chi connectivity index (χ3v) is 4.14. The predicted molar refractivity (Wildman–Crippen MR) is 81.4 cm³/mol. The normalized spacial score (nSPS) is 18.8. The number of ketones is 3. The fraction of sp³-hybridized carbons (Fsp3) is 0.500. The molecule has 1 aromatic rings. The molecule has 1 saturated carbocycles. The van der Waals surface area contributed by atoms with Crippen LogP contribution in [0.5, 0.6) is 0 Å². The van der Waals surface area contributed by atoms with E-state index < -0.39 is 11.7 Å². The van der Waals surface area contributed by atoms with E-state index in [0.717, 1.165) is 31.2 Å². The Morgan fingerprint density at radius 2 is 1.95 bits per heavy atom. The molecule has 1 unspecified atom stereocenters. The third kappa shape index (κ3) is 3.66. The fourth-order valence-electron chi connectivity index (χ4n) is 2.90. The average molecular weight is 286 g/mol. The summed E-state index contributed by atoms with van der Waals surface area (Å²) >= 11 is 0. The molecule has 0 radical (unpaired) electrons. The van der Waals surface area contributed by atoms with Crippen LogP contribution in [0.3, 0.4) is 0 Å². The highest BCUT2D eigenvalue weighted by Crippen LogP contribution is 2.24. The van der Waals surface area contributed by atoms with Crippen molar-refractivity contribution in [3.05, 3.63) is 35.4 Å². The predicted octanol–water partition coefficient (Wildman–Crippen LogP) is 3.54. The summed E-state index contributed by atoms with van der Waals surface area (Å²) in [5, 5.41) is 0. The first kappa shape index (κ1) is 15.6. The van der Waals surface area contributed by atoms with Crippen molar-refractivity contribution in [2.24, 2.45) is 5.92 Å². The van der Waals surface area contributed by atoms with Gasteiger partial charge in [-0.05, 0) is 31.2 Å². The molecule has 0 saturated heterocycles. The largest absolute Gasteiger partial charge is 0.293 e. The first-order valence-corrected chi connectivity index (χ1v) is 7.84. The van der Waals surface area contributed by atoms with Crippen molar-refractivity contribution >= 4 is 17.3 Å². The minimum atomic E-state index is -0.751. The zero-order valence-electron chi connectivity index (χ0n) is 12.6. The zero-order valence-corrected chi connectivity index (χ0v) is 12.6. The third-order valence-electron chi connectivity index (χ3n) is 4.14. The summed E-state index contributed by atoms with van der Waals surface area (Å²) in [6.07, 6.45) is 5.59.